The van der Waals surface area contributed by atoms with Gasteiger partial charge in [-0.15, -0.1) is 10.1 Å². The Hall–Kier alpha value is -0.880. The van der Waals surface area contributed by atoms with Crippen LogP contribution in [0.2, 0.25) is 0 Å². The van der Waals surface area contributed by atoms with E-state index in [1.54, 1.807) is 0 Å². The van der Waals surface area contributed by atoms with Gasteiger partial charge in [-0.1, -0.05) is 0 Å². The van der Waals surface area contributed by atoms with Crippen LogP contribution in [0, 0.1) is 16.0 Å². The normalized spacial score (nSPS) is 32.6. The molecule has 0 unspecified atom stereocenters. The van der Waals surface area contributed by atoms with Crippen LogP contribution in [0.1, 0.15) is 25.7 Å². The Kier molecular flexibility index (Phi) is 3.65. The summed E-state index contributed by atoms with van der Waals surface area (Å²) >= 11 is 0. The zero-order valence-electron chi connectivity index (χ0n) is 7.89. The lowest BCUT2D eigenvalue weighted by Gasteiger charge is -2.35. The minimum Gasteiger partial charge on any atom is -0.396 e. The lowest BCUT2D eigenvalue weighted by atomic mass is 9.79. The molecule has 0 aromatic heterocycles. The minimum atomic E-state index is -1.03. The molecule has 1 aliphatic carbocycles. The van der Waals surface area contributed by atoms with Crippen molar-refractivity contribution in [1.82, 2.24) is 0 Å². The summed E-state index contributed by atoms with van der Waals surface area (Å²) in [4.78, 5) is 14.7. The Labute approximate surface area is 81.6 Å². The van der Waals surface area contributed by atoms with Crippen LogP contribution < -0.4 is 0 Å². The van der Waals surface area contributed by atoms with Crippen molar-refractivity contribution in [2.75, 3.05) is 13.2 Å². The van der Waals surface area contributed by atoms with Gasteiger partial charge in [-0.25, -0.2) is 0 Å². The second-order valence-electron chi connectivity index (χ2n) is 3.78. The summed E-state index contributed by atoms with van der Waals surface area (Å²) in [6.45, 7) is -0.244. The molecule has 0 aromatic rings. The van der Waals surface area contributed by atoms with Gasteiger partial charge < -0.3 is 15.1 Å². The molecule has 14 heavy (non-hydrogen) atoms. The van der Waals surface area contributed by atoms with Crippen LogP contribution in [0.4, 0.5) is 0 Å². The van der Waals surface area contributed by atoms with Crippen LogP contribution >= 0.6 is 0 Å². The highest BCUT2D eigenvalue weighted by atomic mass is 17.0. The van der Waals surface area contributed by atoms with Gasteiger partial charge in [-0.05, 0) is 31.6 Å². The van der Waals surface area contributed by atoms with Gasteiger partial charge in [0.1, 0.15) is 5.60 Å². The first-order valence-corrected chi connectivity index (χ1v) is 4.67. The maximum Gasteiger partial charge on any atom is 0.295 e. The molecule has 6 heteroatoms. The van der Waals surface area contributed by atoms with E-state index in [9.17, 15) is 10.1 Å². The first-order valence-electron chi connectivity index (χ1n) is 4.67. The predicted octanol–water partition coefficient (Wildman–Crippen LogP) is 0.108. The van der Waals surface area contributed by atoms with Crippen LogP contribution in [0.3, 0.4) is 0 Å². The third-order valence-electron chi connectivity index (χ3n) is 2.83. The van der Waals surface area contributed by atoms with Gasteiger partial charge in [0.25, 0.3) is 5.09 Å². The van der Waals surface area contributed by atoms with Crippen molar-refractivity contribution in [2.45, 2.75) is 31.3 Å². The quantitative estimate of drug-likeness (QED) is 0.502. The number of aliphatic hydroxyl groups is 2. The maximum atomic E-state index is 10.2. The summed E-state index contributed by atoms with van der Waals surface area (Å²) < 4.78 is 0. The van der Waals surface area contributed by atoms with Crippen LogP contribution in [-0.2, 0) is 4.84 Å². The second kappa shape index (κ2) is 4.56. The van der Waals surface area contributed by atoms with E-state index in [2.05, 4.69) is 4.84 Å². The lowest BCUT2D eigenvalue weighted by Crippen LogP contribution is -2.42. The van der Waals surface area contributed by atoms with Gasteiger partial charge in [0, 0.05) is 6.61 Å². The second-order valence-corrected chi connectivity index (χ2v) is 3.78. The summed E-state index contributed by atoms with van der Waals surface area (Å²) in [5, 5.41) is 27.3. The van der Waals surface area contributed by atoms with Crippen molar-refractivity contribution in [3.63, 3.8) is 0 Å². The van der Waals surface area contributed by atoms with E-state index in [1.165, 1.54) is 0 Å². The van der Waals surface area contributed by atoms with Crippen molar-refractivity contribution < 1.29 is 20.1 Å². The molecular formula is C8H15NO5. The molecule has 0 atom stereocenters. The number of rotatable bonds is 4. The number of hydrogen-bond donors (Lipinski definition) is 2. The van der Waals surface area contributed by atoms with Gasteiger partial charge in [0.2, 0.25) is 0 Å². The summed E-state index contributed by atoms with van der Waals surface area (Å²) in [5.41, 5.74) is -1.03. The highest BCUT2D eigenvalue weighted by Crippen LogP contribution is 2.34. The third kappa shape index (κ3) is 2.55. The molecule has 0 amide bonds. The van der Waals surface area contributed by atoms with Gasteiger partial charge in [-0.2, -0.15) is 0 Å². The molecule has 0 aliphatic heterocycles. The highest BCUT2D eigenvalue weighted by Gasteiger charge is 2.38. The molecule has 1 saturated carbocycles. The van der Waals surface area contributed by atoms with Crippen molar-refractivity contribution in [2.24, 2.45) is 5.92 Å². The highest BCUT2D eigenvalue weighted by molar-refractivity contribution is 4.85. The molecule has 0 bridgehead atoms. The first-order chi connectivity index (χ1) is 6.62. The van der Waals surface area contributed by atoms with Crippen LogP contribution in [0.5, 0.6) is 0 Å². The van der Waals surface area contributed by atoms with Crippen LogP contribution in [0.15, 0.2) is 0 Å². The van der Waals surface area contributed by atoms with Crippen molar-refractivity contribution in [3.8, 4) is 0 Å². The first kappa shape index (κ1) is 11.2. The molecule has 1 aliphatic rings. The van der Waals surface area contributed by atoms with Gasteiger partial charge >= 0.3 is 0 Å². The van der Waals surface area contributed by atoms with Crippen molar-refractivity contribution >= 4 is 0 Å². The number of aliphatic hydroxyl groups excluding tert-OH is 2. The third-order valence-corrected chi connectivity index (χ3v) is 2.83. The summed E-state index contributed by atoms with van der Waals surface area (Å²) in [6.07, 6.45) is 2.17. The maximum absolute atomic E-state index is 10.2. The van der Waals surface area contributed by atoms with E-state index in [1.807, 2.05) is 0 Å². The molecule has 0 saturated heterocycles. The zero-order valence-corrected chi connectivity index (χ0v) is 7.89. The molecule has 82 valence electrons. The summed E-state index contributed by atoms with van der Waals surface area (Å²) in [7, 11) is 0. The topological polar surface area (TPSA) is 92.8 Å². The number of nitrogens with zero attached hydrogens (tertiary/aromatic N) is 1. The molecule has 0 radical (unpaired) electrons. The van der Waals surface area contributed by atoms with E-state index in [-0.39, 0.29) is 19.1 Å². The molecule has 1 rings (SSSR count). The van der Waals surface area contributed by atoms with Crippen molar-refractivity contribution in [1.29, 1.82) is 0 Å². The minimum absolute atomic E-state index is 0.0972. The molecule has 0 spiro atoms. The molecular weight excluding hydrogens is 190 g/mol. The Bertz CT molecular complexity index is 200. The average molecular weight is 205 g/mol. The van der Waals surface area contributed by atoms with Gasteiger partial charge in [-0.3, -0.25) is 0 Å². The standard InChI is InChI=1S/C8H15NO5/c10-5-7-1-3-8(6-11,4-2-7)14-9(12)13/h7,10-11H,1-6H2. The zero-order chi connectivity index (χ0) is 10.6. The van der Waals surface area contributed by atoms with E-state index >= 15 is 0 Å². The van der Waals surface area contributed by atoms with E-state index in [0.717, 1.165) is 0 Å². The Morgan fingerprint density at radius 2 is 2.00 bits per heavy atom. The average Bonchev–Trinajstić information content (AvgIpc) is 2.18. The monoisotopic (exact) mass is 205 g/mol. The Balaban J connectivity index is 2.52. The Morgan fingerprint density at radius 1 is 1.43 bits per heavy atom. The largest absolute Gasteiger partial charge is 0.396 e. The smallest absolute Gasteiger partial charge is 0.295 e. The molecule has 1 fully saturated rings. The van der Waals surface area contributed by atoms with Crippen molar-refractivity contribution in [3.05, 3.63) is 10.1 Å². The fraction of sp³-hybridized carbons (Fsp3) is 1.00. The van der Waals surface area contributed by atoms with Crippen LogP contribution in [-0.4, -0.2) is 34.1 Å². The van der Waals surface area contributed by atoms with E-state index in [0.29, 0.717) is 25.7 Å². The molecule has 2 N–H and O–H groups in total. The fourth-order valence-electron chi connectivity index (χ4n) is 1.82. The van der Waals surface area contributed by atoms with E-state index in [4.69, 9.17) is 10.2 Å². The molecule has 0 heterocycles. The SMILES string of the molecule is O=[N+]([O-])OC1(CO)CCC(CO)CC1. The van der Waals surface area contributed by atoms with Gasteiger partial charge in [0.05, 0.1) is 6.61 Å². The Morgan fingerprint density at radius 3 is 2.36 bits per heavy atom. The molecule has 0 aromatic carbocycles. The van der Waals surface area contributed by atoms with E-state index < -0.39 is 10.7 Å². The summed E-state index contributed by atoms with van der Waals surface area (Å²) in [5.74, 6) is 0.185. The predicted molar refractivity (Wildman–Crippen MR) is 46.9 cm³/mol. The lowest BCUT2D eigenvalue weighted by molar-refractivity contribution is -0.783. The van der Waals surface area contributed by atoms with Gasteiger partial charge in [0.15, 0.2) is 0 Å². The number of hydrogen-bond acceptors (Lipinski definition) is 5. The van der Waals surface area contributed by atoms with Crippen LogP contribution in [0.25, 0.3) is 0 Å². The molecule has 6 nitrogen and oxygen atoms in total. The fourth-order valence-corrected chi connectivity index (χ4v) is 1.82. The summed E-state index contributed by atoms with van der Waals surface area (Å²) in [6, 6.07) is 0.